The molecule has 0 amide bonds. The molecule has 0 heterocycles. The second kappa shape index (κ2) is 10.4. The Hall–Kier alpha value is -2.56. The summed E-state index contributed by atoms with van der Waals surface area (Å²) in [5.41, 5.74) is 4.93. The van der Waals surface area contributed by atoms with E-state index >= 15 is 0 Å². The van der Waals surface area contributed by atoms with Crippen LogP contribution in [0.1, 0.15) is 63.7 Å². The Kier molecular flexibility index (Phi) is 8.62. The highest BCUT2D eigenvalue weighted by molar-refractivity contribution is 5.95. The molecule has 2 N–H and O–H groups in total. The van der Waals surface area contributed by atoms with Gasteiger partial charge in [0, 0.05) is 11.1 Å². The number of aliphatic hydroxyl groups is 2. The van der Waals surface area contributed by atoms with E-state index in [-0.39, 0.29) is 24.8 Å². The standard InChI is InChI=1S/C11H14O2.C11H12O2/c2*1-3-9-6-10(8(2)13)4-5-11(9)7-12/h4-6,12H,3,7H2,1-2H3;3-6,12H,1,7H2,2H3. The highest BCUT2D eigenvalue weighted by Gasteiger charge is 2.04. The highest BCUT2D eigenvalue weighted by Crippen LogP contribution is 2.14. The highest BCUT2D eigenvalue weighted by atomic mass is 16.3. The Balaban J connectivity index is 0.000000260. The van der Waals surface area contributed by atoms with Crippen molar-refractivity contribution in [3.8, 4) is 0 Å². The van der Waals surface area contributed by atoms with Crippen LogP contribution in [0.15, 0.2) is 43.0 Å². The molecular weight excluding hydrogens is 328 g/mol. The lowest BCUT2D eigenvalue weighted by Crippen LogP contribution is -1.98. The van der Waals surface area contributed by atoms with Gasteiger partial charge in [0.2, 0.25) is 0 Å². The molecule has 0 radical (unpaired) electrons. The number of ketones is 2. The Morgan fingerprint density at radius 2 is 1.38 bits per heavy atom. The summed E-state index contributed by atoms with van der Waals surface area (Å²) in [5, 5.41) is 17.9. The Labute approximate surface area is 154 Å². The van der Waals surface area contributed by atoms with Crippen molar-refractivity contribution in [2.24, 2.45) is 0 Å². The molecule has 26 heavy (non-hydrogen) atoms. The third-order valence-electron chi connectivity index (χ3n) is 4.11. The molecule has 0 saturated carbocycles. The Morgan fingerprint density at radius 3 is 1.81 bits per heavy atom. The fraction of sp³-hybridized carbons (Fsp3) is 0.273. The second-order valence-electron chi connectivity index (χ2n) is 5.88. The average Bonchev–Trinajstić information content (AvgIpc) is 2.66. The molecule has 0 saturated heterocycles. The molecule has 2 aromatic rings. The van der Waals surface area contributed by atoms with Gasteiger partial charge in [0.25, 0.3) is 0 Å². The minimum atomic E-state index is -0.0282. The molecule has 4 heteroatoms. The van der Waals surface area contributed by atoms with Gasteiger partial charge in [0.1, 0.15) is 0 Å². The summed E-state index contributed by atoms with van der Waals surface area (Å²) in [4.78, 5) is 22.1. The van der Waals surface area contributed by atoms with Crippen molar-refractivity contribution in [3.05, 3.63) is 76.4 Å². The zero-order valence-electron chi connectivity index (χ0n) is 15.6. The number of hydrogen-bond donors (Lipinski definition) is 2. The maximum absolute atomic E-state index is 11.1. The third kappa shape index (κ3) is 5.76. The van der Waals surface area contributed by atoms with Crippen LogP contribution in [-0.4, -0.2) is 21.8 Å². The Morgan fingerprint density at radius 1 is 0.885 bits per heavy atom. The molecule has 0 bridgehead atoms. The van der Waals surface area contributed by atoms with Gasteiger partial charge in [0.15, 0.2) is 11.6 Å². The zero-order chi connectivity index (χ0) is 19.7. The molecule has 0 aliphatic carbocycles. The molecule has 0 fully saturated rings. The van der Waals surface area contributed by atoms with Gasteiger partial charge in [-0.1, -0.05) is 43.8 Å². The van der Waals surface area contributed by atoms with Crippen molar-refractivity contribution < 1.29 is 19.8 Å². The summed E-state index contributed by atoms with van der Waals surface area (Å²) in [6.07, 6.45) is 2.48. The van der Waals surface area contributed by atoms with Crippen molar-refractivity contribution in [3.63, 3.8) is 0 Å². The van der Waals surface area contributed by atoms with E-state index in [1.165, 1.54) is 6.92 Å². The van der Waals surface area contributed by atoms with Crippen LogP contribution in [0.2, 0.25) is 0 Å². The summed E-state index contributed by atoms with van der Waals surface area (Å²) in [6.45, 7) is 8.71. The van der Waals surface area contributed by atoms with E-state index in [9.17, 15) is 9.59 Å². The van der Waals surface area contributed by atoms with E-state index in [1.54, 1.807) is 37.3 Å². The molecule has 0 aliphatic heterocycles. The molecule has 2 aromatic carbocycles. The summed E-state index contributed by atoms with van der Waals surface area (Å²) in [7, 11) is 0. The van der Waals surface area contributed by atoms with Crippen LogP contribution < -0.4 is 0 Å². The van der Waals surface area contributed by atoms with Gasteiger partial charge in [-0.15, -0.1) is 0 Å². The number of rotatable bonds is 6. The third-order valence-corrected chi connectivity index (χ3v) is 4.11. The first kappa shape index (κ1) is 21.5. The smallest absolute Gasteiger partial charge is 0.159 e. The molecular formula is C22H26O4. The van der Waals surface area contributed by atoms with Gasteiger partial charge < -0.3 is 10.2 Å². The summed E-state index contributed by atoms with van der Waals surface area (Å²) >= 11 is 0. The van der Waals surface area contributed by atoms with Crippen LogP contribution >= 0.6 is 0 Å². The van der Waals surface area contributed by atoms with E-state index < -0.39 is 0 Å². The van der Waals surface area contributed by atoms with Crippen LogP contribution in [0, 0.1) is 0 Å². The zero-order valence-corrected chi connectivity index (χ0v) is 15.6. The first-order chi connectivity index (χ1) is 12.4. The molecule has 0 unspecified atom stereocenters. The van der Waals surface area contributed by atoms with Crippen molar-refractivity contribution in [1.29, 1.82) is 0 Å². The fourth-order valence-electron chi connectivity index (χ4n) is 2.48. The number of carbonyl (C=O) groups excluding carboxylic acids is 2. The predicted octanol–water partition coefficient (Wildman–Crippen LogP) is 3.97. The molecule has 0 spiro atoms. The van der Waals surface area contributed by atoms with E-state index in [0.29, 0.717) is 11.1 Å². The number of hydrogen-bond acceptors (Lipinski definition) is 4. The lowest BCUT2D eigenvalue weighted by Gasteiger charge is -2.06. The van der Waals surface area contributed by atoms with Crippen LogP contribution in [0.25, 0.3) is 6.08 Å². The van der Waals surface area contributed by atoms with E-state index in [1.807, 2.05) is 19.1 Å². The maximum atomic E-state index is 11.1. The van der Waals surface area contributed by atoms with Crippen molar-refractivity contribution in [2.75, 3.05) is 0 Å². The van der Waals surface area contributed by atoms with Gasteiger partial charge in [-0.25, -0.2) is 0 Å². The first-order valence-electron chi connectivity index (χ1n) is 8.48. The summed E-state index contributed by atoms with van der Waals surface area (Å²) in [6, 6.07) is 10.6. The van der Waals surface area contributed by atoms with Crippen LogP contribution in [0.4, 0.5) is 0 Å². The molecule has 2 rings (SSSR count). The summed E-state index contributed by atoms with van der Waals surface area (Å²) < 4.78 is 0. The predicted molar refractivity (Wildman–Crippen MR) is 104 cm³/mol. The number of benzene rings is 2. The average molecular weight is 354 g/mol. The monoisotopic (exact) mass is 354 g/mol. The van der Waals surface area contributed by atoms with Gasteiger partial charge in [-0.05, 0) is 54.7 Å². The molecule has 138 valence electrons. The van der Waals surface area contributed by atoms with Gasteiger partial charge >= 0.3 is 0 Å². The number of aryl methyl sites for hydroxylation is 1. The van der Waals surface area contributed by atoms with Crippen LogP contribution in [0.3, 0.4) is 0 Å². The molecule has 4 nitrogen and oxygen atoms in total. The Bertz CT molecular complexity index is 791. The van der Waals surface area contributed by atoms with E-state index in [4.69, 9.17) is 10.2 Å². The van der Waals surface area contributed by atoms with Crippen molar-refractivity contribution in [1.82, 2.24) is 0 Å². The maximum Gasteiger partial charge on any atom is 0.159 e. The van der Waals surface area contributed by atoms with Crippen LogP contribution in [-0.2, 0) is 19.6 Å². The summed E-state index contributed by atoms with van der Waals surface area (Å²) in [5.74, 6) is 0.0896. The van der Waals surface area contributed by atoms with Gasteiger partial charge in [-0.3, -0.25) is 9.59 Å². The lowest BCUT2D eigenvalue weighted by molar-refractivity contribution is 0.100. The first-order valence-corrected chi connectivity index (χ1v) is 8.48. The molecule has 0 atom stereocenters. The van der Waals surface area contributed by atoms with Crippen LogP contribution in [0.5, 0.6) is 0 Å². The number of aliphatic hydroxyl groups excluding tert-OH is 2. The lowest BCUT2D eigenvalue weighted by atomic mass is 10.0. The fourth-order valence-corrected chi connectivity index (χ4v) is 2.48. The van der Waals surface area contributed by atoms with Gasteiger partial charge in [-0.2, -0.15) is 0 Å². The molecule has 0 aliphatic rings. The number of carbonyl (C=O) groups is 2. The van der Waals surface area contributed by atoms with Crippen molar-refractivity contribution >= 4 is 17.6 Å². The van der Waals surface area contributed by atoms with Gasteiger partial charge in [0.05, 0.1) is 13.2 Å². The minimum absolute atomic E-state index is 0.0209. The SMILES string of the molecule is C=Cc1cc(C(C)=O)ccc1CO.CCc1cc(C(C)=O)ccc1CO. The largest absolute Gasteiger partial charge is 0.392 e. The second-order valence-corrected chi connectivity index (χ2v) is 5.88. The van der Waals surface area contributed by atoms with Crippen molar-refractivity contribution in [2.45, 2.75) is 40.4 Å². The normalized spacial score (nSPS) is 9.88. The molecule has 0 aromatic heterocycles. The number of Topliss-reactive ketones (excluding diaryl/α,β-unsaturated/α-hetero) is 2. The quantitative estimate of drug-likeness (QED) is 0.770. The topological polar surface area (TPSA) is 74.6 Å². The minimum Gasteiger partial charge on any atom is -0.392 e. The van der Waals surface area contributed by atoms with E-state index in [2.05, 4.69) is 6.58 Å². The van der Waals surface area contributed by atoms with E-state index in [0.717, 1.165) is 28.7 Å².